The van der Waals surface area contributed by atoms with Gasteiger partial charge in [0.2, 0.25) is 0 Å². The minimum atomic E-state index is 0.935. The molecular formula is C14H16N2O. The van der Waals surface area contributed by atoms with E-state index in [2.05, 4.69) is 28.6 Å². The van der Waals surface area contributed by atoms with Gasteiger partial charge < -0.3 is 15.0 Å². The van der Waals surface area contributed by atoms with Crippen LogP contribution in [-0.4, -0.2) is 25.2 Å². The van der Waals surface area contributed by atoms with E-state index in [-0.39, 0.29) is 0 Å². The average Bonchev–Trinajstić information content (AvgIpc) is 2.83. The third-order valence-corrected chi connectivity index (χ3v) is 3.26. The van der Waals surface area contributed by atoms with Crippen molar-refractivity contribution >= 4 is 16.5 Å². The van der Waals surface area contributed by atoms with Crippen molar-refractivity contribution in [3.05, 3.63) is 36.0 Å². The minimum Gasteiger partial charge on any atom is -0.496 e. The van der Waals surface area contributed by atoms with Crippen molar-refractivity contribution < 1.29 is 4.74 Å². The van der Waals surface area contributed by atoms with Crippen LogP contribution in [0.15, 0.2) is 30.5 Å². The van der Waals surface area contributed by atoms with E-state index in [0.29, 0.717) is 0 Å². The van der Waals surface area contributed by atoms with E-state index >= 15 is 0 Å². The molecule has 0 amide bonds. The van der Waals surface area contributed by atoms with Gasteiger partial charge in [0, 0.05) is 29.2 Å². The highest BCUT2D eigenvalue weighted by Crippen LogP contribution is 2.33. The van der Waals surface area contributed by atoms with Gasteiger partial charge in [0.15, 0.2) is 0 Å². The van der Waals surface area contributed by atoms with Gasteiger partial charge in [-0.25, -0.2) is 0 Å². The van der Waals surface area contributed by atoms with Crippen molar-refractivity contribution in [3.8, 4) is 5.75 Å². The van der Waals surface area contributed by atoms with Crippen LogP contribution in [0.2, 0.25) is 0 Å². The number of benzene rings is 1. The highest BCUT2D eigenvalue weighted by Gasteiger charge is 2.13. The zero-order valence-electron chi connectivity index (χ0n) is 9.92. The van der Waals surface area contributed by atoms with Crippen LogP contribution < -0.4 is 10.1 Å². The molecule has 0 saturated carbocycles. The lowest BCUT2D eigenvalue weighted by Gasteiger charge is -2.14. The van der Waals surface area contributed by atoms with Crippen molar-refractivity contribution in [3.63, 3.8) is 0 Å². The summed E-state index contributed by atoms with van der Waals surface area (Å²) in [5.74, 6) is 0.935. The first-order valence-electron chi connectivity index (χ1n) is 5.94. The Hall–Kier alpha value is -1.74. The zero-order chi connectivity index (χ0) is 11.7. The van der Waals surface area contributed by atoms with E-state index < -0.39 is 0 Å². The first-order valence-corrected chi connectivity index (χ1v) is 5.94. The lowest BCUT2D eigenvalue weighted by atomic mass is 10.0. The van der Waals surface area contributed by atoms with Crippen LogP contribution in [0.25, 0.3) is 16.5 Å². The van der Waals surface area contributed by atoms with Crippen LogP contribution in [0.3, 0.4) is 0 Å². The fourth-order valence-corrected chi connectivity index (χ4v) is 2.42. The van der Waals surface area contributed by atoms with Crippen LogP contribution in [0.1, 0.15) is 12.0 Å². The van der Waals surface area contributed by atoms with Gasteiger partial charge in [-0.1, -0.05) is 12.1 Å². The van der Waals surface area contributed by atoms with Gasteiger partial charge in [0.05, 0.1) is 7.11 Å². The van der Waals surface area contributed by atoms with E-state index in [1.165, 1.54) is 16.5 Å². The molecule has 3 rings (SSSR count). The molecule has 0 bridgehead atoms. The summed E-state index contributed by atoms with van der Waals surface area (Å²) in [4.78, 5) is 3.31. The first-order chi connectivity index (χ1) is 8.40. The molecule has 2 N–H and O–H groups in total. The average molecular weight is 228 g/mol. The lowest BCUT2D eigenvalue weighted by molar-refractivity contribution is 0.420. The number of H-pyrrole nitrogens is 1. The monoisotopic (exact) mass is 228 g/mol. The quantitative estimate of drug-likeness (QED) is 0.829. The zero-order valence-corrected chi connectivity index (χ0v) is 9.92. The van der Waals surface area contributed by atoms with E-state index in [4.69, 9.17) is 4.74 Å². The van der Waals surface area contributed by atoms with Crippen molar-refractivity contribution in [2.75, 3.05) is 20.2 Å². The van der Waals surface area contributed by atoms with E-state index in [9.17, 15) is 0 Å². The molecule has 2 aromatic rings. The molecule has 0 unspecified atom stereocenters. The Bertz CT molecular complexity index is 569. The number of methoxy groups -OCH3 is 1. The number of aromatic nitrogens is 1. The number of nitrogens with one attached hydrogen (secondary N) is 2. The van der Waals surface area contributed by atoms with E-state index in [1.54, 1.807) is 7.11 Å². The van der Waals surface area contributed by atoms with Gasteiger partial charge in [0.1, 0.15) is 5.75 Å². The summed E-state index contributed by atoms with van der Waals surface area (Å²) in [7, 11) is 1.72. The highest BCUT2D eigenvalue weighted by molar-refractivity contribution is 5.97. The first kappa shape index (κ1) is 10.4. The maximum Gasteiger partial charge on any atom is 0.128 e. The van der Waals surface area contributed by atoms with Gasteiger partial charge in [-0.15, -0.1) is 0 Å². The number of aromatic amines is 1. The Balaban J connectivity index is 2.19. The third kappa shape index (κ3) is 1.72. The largest absolute Gasteiger partial charge is 0.496 e. The molecule has 1 aromatic heterocycles. The standard InChI is InChI=1S/C14H16N2O/c1-17-13-6-2-5-12-14(13)11(9-16-12)10-4-3-7-15-8-10/h2,4-6,9,15-16H,3,7-8H2,1H3. The van der Waals surface area contributed by atoms with Crippen LogP contribution in [0, 0.1) is 0 Å². The maximum atomic E-state index is 5.45. The number of hydrogen-bond donors (Lipinski definition) is 2. The molecule has 17 heavy (non-hydrogen) atoms. The summed E-state index contributed by atoms with van der Waals surface area (Å²) < 4.78 is 5.45. The van der Waals surface area contributed by atoms with Crippen LogP contribution in [0.4, 0.5) is 0 Å². The fourth-order valence-electron chi connectivity index (χ4n) is 2.42. The number of ether oxygens (including phenoxy) is 1. The second kappa shape index (κ2) is 4.26. The van der Waals surface area contributed by atoms with Gasteiger partial charge in [-0.3, -0.25) is 0 Å². The van der Waals surface area contributed by atoms with Crippen LogP contribution in [-0.2, 0) is 0 Å². The molecule has 0 radical (unpaired) electrons. The Morgan fingerprint density at radius 1 is 1.29 bits per heavy atom. The van der Waals surface area contributed by atoms with Crippen molar-refractivity contribution in [2.24, 2.45) is 0 Å². The van der Waals surface area contributed by atoms with Crippen molar-refractivity contribution in [2.45, 2.75) is 6.42 Å². The normalized spacial score (nSPS) is 15.9. The molecule has 0 saturated heterocycles. The third-order valence-electron chi connectivity index (χ3n) is 3.26. The molecule has 1 aliphatic rings. The van der Waals surface area contributed by atoms with Crippen molar-refractivity contribution in [1.29, 1.82) is 0 Å². The predicted molar refractivity (Wildman–Crippen MR) is 70.3 cm³/mol. The molecule has 0 aliphatic carbocycles. The van der Waals surface area contributed by atoms with Gasteiger partial charge in [0.25, 0.3) is 0 Å². The Labute approximate surface area is 100 Å². The predicted octanol–water partition coefficient (Wildman–Crippen LogP) is 2.55. The van der Waals surface area contributed by atoms with Crippen molar-refractivity contribution in [1.82, 2.24) is 10.3 Å². The summed E-state index contributed by atoms with van der Waals surface area (Å²) in [5, 5.41) is 4.59. The van der Waals surface area contributed by atoms with Gasteiger partial charge in [-0.05, 0) is 30.7 Å². The number of hydrogen-bond acceptors (Lipinski definition) is 2. The molecule has 0 atom stereocenters. The lowest BCUT2D eigenvalue weighted by Crippen LogP contribution is -2.21. The topological polar surface area (TPSA) is 37.0 Å². The Morgan fingerprint density at radius 2 is 2.24 bits per heavy atom. The highest BCUT2D eigenvalue weighted by atomic mass is 16.5. The molecule has 3 nitrogen and oxygen atoms in total. The second-order valence-electron chi connectivity index (χ2n) is 4.28. The number of rotatable bonds is 2. The molecule has 0 fully saturated rings. The smallest absolute Gasteiger partial charge is 0.128 e. The minimum absolute atomic E-state index is 0.935. The summed E-state index contributed by atoms with van der Waals surface area (Å²) in [6, 6.07) is 6.10. The Kier molecular flexibility index (Phi) is 2.61. The maximum absolute atomic E-state index is 5.45. The summed E-state index contributed by atoms with van der Waals surface area (Å²) >= 11 is 0. The fraction of sp³-hybridized carbons (Fsp3) is 0.286. The van der Waals surface area contributed by atoms with Gasteiger partial charge in [-0.2, -0.15) is 0 Å². The second-order valence-corrected chi connectivity index (χ2v) is 4.28. The summed E-state index contributed by atoms with van der Waals surface area (Å²) in [6.45, 7) is 2.01. The Morgan fingerprint density at radius 3 is 3.00 bits per heavy atom. The number of fused-ring (bicyclic) bond motifs is 1. The molecule has 3 heteroatoms. The van der Waals surface area contributed by atoms with Gasteiger partial charge >= 0.3 is 0 Å². The molecule has 88 valence electrons. The molecule has 2 heterocycles. The molecular weight excluding hydrogens is 212 g/mol. The SMILES string of the molecule is COc1cccc2[nH]cc(C3=CCCNC3)c12. The summed E-state index contributed by atoms with van der Waals surface area (Å²) in [6.07, 6.45) is 5.48. The van der Waals surface area contributed by atoms with Crippen LogP contribution in [0.5, 0.6) is 5.75 Å². The molecule has 1 aromatic carbocycles. The van der Waals surface area contributed by atoms with Crippen LogP contribution >= 0.6 is 0 Å². The molecule has 1 aliphatic heterocycles. The molecule has 0 spiro atoms. The van der Waals surface area contributed by atoms with E-state index in [0.717, 1.165) is 30.8 Å². The van der Waals surface area contributed by atoms with E-state index in [1.807, 2.05) is 12.1 Å². The summed E-state index contributed by atoms with van der Waals surface area (Å²) in [5.41, 5.74) is 3.74.